The Labute approximate surface area is 153 Å². The van der Waals surface area contributed by atoms with Gasteiger partial charge >= 0.3 is 0 Å². The lowest BCUT2D eigenvalue weighted by Crippen LogP contribution is -2.58. The van der Waals surface area contributed by atoms with Gasteiger partial charge in [-0.3, -0.25) is 9.69 Å². The number of nitrogens with one attached hydrogen (secondary N) is 1. The lowest BCUT2D eigenvalue weighted by molar-refractivity contribution is -0.140. The van der Waals surface area contributed by atoms with Gasteiger partial charge in [0.1, 0.15) is 11.4 Å². The molecule has 0 saturated carbocycles. The number of nitrogens with two attached hydrogens (primary N) is 1. The molecule has 0 spiro atoms. The van der Waals surface area contributed by atoms with Crippen LogP contribution in [0.5, 0.6) is 0 Å². The Hall–Kier alpha value is -2.15. The molecule has 2 aliphatic heterocycles. The number of halogens is 1. The second-order valence-electron chi connectivity index (χ2n) is 7.84. The van der Waals surface area contributed by atoms with Gasteiger partial charge in [-0.1, -0.05) is 0 Å². The van der Waals surface area contributed by atoms with E-state index < -0.39 is 16.8 Å². The van der Waals surface area contributed by atoms with Gasteiger partial charge in [0.25, 0.3) is 0 Å². The average Bonchev–Trinajstić information content (AvgIpc) is 2.98. The van der Waals surface area contributed by atoms with Crippen LogP contribution < -0.4 is 11.1 Å². The molecule has 1 fully saturated rings. The van der Waals surface area contributed by atoms with Crippen molar-refractivity contribution in [2.24, 2.45) is 16.1 Å². The van der Waals surface area contributed by atoms with Gasteiger partial charge in [-0.25, -0.2) is 9.38 Å². The van der Waals surface area contributed by atoms with Crippen molar-refractivity contribution in [2.45, 2.75) is 51.8 Å². The van der Waals surface area contributed by atoms with E-state index in [0.29, 0.717) is 12.2 Å². The number of amides is 1. The van der Waals surface area contributed by atoms with Gasteiger partial charge < -0.3 is 15.8 Å². The van der Waals surface area contributed by atoms with Gasteiger partial charge in [0.15, 0.2) is 5.96 Å². The Morgan fingerprint density at radius 2 is 2.08 bits per heavy atom. The number of aliphatic imine (C=N–C) groups is 1. The summed E-state index contributed by atoms with van der Waals surface area (Å²) < 4.78 is 20.4. The van der Waals surface area contributed by atoms with Crippen molar-refractivity contribution in [3.63, 3.8) is 0 Å². The highest BCUT2D eigenvalue weighted by Gasteiger charge is 2.53. The topological polar surface area (TPSA) is 80.0 Å². The molecule has 6 nitrogen and oxygen atoms in total. The van der Waals surface area contributed by atoms with Crippen LogP contribution in [0.25, 0.3) is 0 Å². The molecule has 1 amide bonds. The fourth-order valence-electron chi connectivity index (χ4n) is 3.70. The maximum Gasteiger partial charge on any atom is 0.237 e. The van der Waals surface area contributed by atoms with E-state index in [1.807, 2.05) is 6.92 Å². The van der Waals surface area contributed by atoms with E-state index in [-0.39, 0.29) is 24.0 Å². The number of hydrogen-bond acceptors (Lipinski definition) is 5. The normalized spacial score (nSPS) is 31.1. The van der Waals surface area contributed by atoms with Gasteiger partial charge in [-0.2, -0.15) is 0 Å². The number of guanidine groups is 1. The largest absolute Gasteiger partial charge is 0.380 e. The van der Waals surface area contributed by atoms with Crippen molar-refractivity contribution in [1.82, 2.24) is 4.90 Å². The maximum absolute atomic E-state index is 14.8. The van der Waals surface area contributed by atoms with Gasteiger partial charge in [-0.15, -0.1) is 0 Å². The first-order chi connectivity index (χ1) is 12.1. The van der Waals surface area contributed by atoms with E-state index in [1.54, 1.807) is 40.0 Å². The summed E-state index contributed by atoms with van der Waals surface area (Å²) in [4.78, 5) is 18.6. The van der Waals surface area contributed by atoms with Gasteiger partial charge in [0, 0.05) is 24.9 Å². The summed E-state index contributed by atoms with van der Waals surface area (Å²) in [6.45, 7) is 8.02. The van der Waals surface area contributed by atoms with Crippen LogP contribution in [0, 0.1) is 11.2 Å². The summed E-state index contributed by atoms with van der Waals surface area (Å²) in [5, 5.41) is 3.41. The predicted octanol–water partition coefficient (Wildman–Crippen LogP) is 2.44. The Bertz CT molecular complexity index is 764. The highest BCUT2D eigenvalue weighted by Crippen LogP contribution is 2.47. The molecular formula is C19H27FN4O2. The number of rotatable bonds is 3. The molecule has 0 radical (unpaired) electrons. The standard InChI is InChI=1S/C19H27FN4O2/c1-11-15(8-9-26-11)22-12-6-7-14(20)13(10-12)19(4)18(2,3)16(25)24(5)17(21)23-19/h6-7,10-11,15,22H,8-9H2,1-5H3,(H2,21,23)/t11?,15?,19-/m1/s1. The van der Waals surface area contributed by atoms with Crippen LogP contribution in [-0.2, 0) is 15.1 Å². The summed E-state index contributed by atoms with van der Waals surface area (Å²) in [5.41, 5.74) is 5.01. The Kier molecular flexibility index (Phi) is 4.46. The Morgan fingerprint density at radius 3 is 2.69 bits per heavy atom. The number of ether oxygens (including phenoxy) is 1. The number of nitrogens with zero attached hydrogens (tertiary/aromatic N) is 2. The van der Waals surface area contributed by atoms with E-state index in [0.717, 1.165) is 12.1 Å². The molecule has 7 heteroatoms. The first-order valence-electron chi connectivity index (χ1n) is 8.89. The lowest BCUT2D eigenvalue weighted by atomic mass is 9.67. The second kappa shape index (κ2) is 6.23. The Balaban J connectivity index is 2.04. The van der Waals surface area contributed by atoms with Crippen molar-refractivity contribution in [3.8, 4) is 0 Å². The molecule has 0 aliphatic carbocycles. The molecule has 2 heterocycles. The van der Waals surface area contributed by atoms with Crippen LogP contribution in [0.3, 0.4) is 0 Å². The zero-order chi connectivity index (χ0) is 19.3. The molecular weight excluding hydrogens is 335 g/mol. The second-order valence-corrected chi connectivity index (χ2v) is 7.84. The summed E-state index contributed by atoms with van der Waals surface area (Å²) in [7, 11) is 1.58. The summed E-state index contributed by atoms with van der Waals surface area (Å²) in [5.74, 6) is -0.508. The van der Waals surface area contributed by atoms with E-state index in [9.17, 15) is 9.18 Å². The number of anilines is 1. The minimum atomic E-state index is -1.11. The first kappa shape index (κ1) is 18.6. The molecule has 3 N–H and O–H groups in total. The van der Waals surface area contributed by atoms with Gasteiger partial charge in [0.2, 0.25) is 5.91 Å². The zero-order valence-corrected chi connectivity index (χ0v) is 16.0. The highest BCUT2D eigenvalue weighted by molar-refractivity contribution is 6.01. The van der Waals surface area contributed by atoms with Crippen molar-refractivity contribution >= 4 is 17.6 Å². The average molecular weight is 362 g/mol. The van der Waals surface area contributed by atoms with Crippen molar-refractivity contribution in [3.05, 3.63) is 29.6 Å². The van der Waals surface area contributed by atoms with Crippen LogP contribution in [-0.4, -0.2) is 42.6 Å². The SMILES string of the molecule is CC1OCCC1Nc1ccc(F)c([C@@]2(C)N=C(N)N(C)C(=O)C2(C)C)c1. The van der Waals surface area contributed by atoms with E-state index in [2.05, 4.69) is 10.3 Å². The smallest absolute Gasteiger partial charge is 0.237 e. The fourth-order valence-corrected chi connectivity index (χ4v) is 3.70. The summed E-state index contributed by atoms with van der Waals surface area (Å²) in [6, 6.07) is 5.01. The Morgan fingerprint density at radius 1 is 1.38 bits per heavy atom. The molecule has 2 aliphatic rings. The third kappa shape index (κ3) is 2.74. The molecule has 0 bridgehead atoms. The lowest BCUT2D eigenvalue weighted by Gasteiger charge is -2.46. The van der Waals surface area contributed by atoms with Crippen molar-refractivity contribution in [2.75, 3.05) is 19.0 Å². The number of hydrogen-bond donors (Lipinski definition) is 2. The maximum atomic E-state index is 14.8. The van der Waals surface area contributed by atoms with Crippen molar-refractivity contribution in [1.29, 1.82) is 0 Å². The first-order valence-corrected chi connectivity index (χ1v) is 8.89. The van der Waals surface area contributed by atoms with Crippen LogP contribution >= 0.6 is 0 Å². The van der Waals surface area contributed by atoms with Crippen LogP contribution in [0.2, 0.25) is 0 Å². The monoisotopic (exact) mass is 362 g/mol. The van der Waals surface area contributed by atoms with Crippen LogP contribution in [0.1, 0.15) is 39.7 Å². The predicted molar refractivity (Wildman–Crippen MR) is 99.4 cm³/mol. The van der Waals surface area contributed by atoms with Crippen LogP contribution in [0.15, 0.2) is 23.2 Å². The third-order valence-electron chi connectivity index (χ3n) is 5.96. The molecule has 142 valence electrons. The highest BCUT2D eigenvalue weighted by atomic mass is 19.1. The molecule has 26 heavy (non-hydrogen) atoms. The zero-order valence-electron chi connectivity index (χ0n) is 16.0. The minimum Gasteiger partial charge on any atom is -0.380 e. The van der Waals surface area contributed by atoms with Crippen LogP contribution in [0.4, 0.5) is 10.1 Å². The van der Waals surface area contributed by atoms with E-state index in [1.165, 1.54) is 11.0 Å². The van der Waals surface area contributed by atoms with Gasteiger partial charge in [0.05, 0.1) is 17.6 Å². The van der Waals surface area contributed by atoms with Crippen molar-refractivity contribution < 1.29 is 13.9 Å². The van der Waals surface area contributed by atoms with Gasteiger partial charge in [-0.05, 0) is 52.3 Å². The summed E-state index contributed by atoms with van der Waals surface area (Å²) >= 11 is 0. The molecule has 1 saturated heterocycles. The molecule has 0 aromatic heterocycles. The quantitative estimate of drug-likeness (QED) is 0.866. The molecule has 3 atom stereocenters. The number of benzene rings is 1. The number of carbonyl (C=O) groups excluding carboxylic acids is 1. The third-order valence-corrected chi connectivity index (χ3v) is 5.96. The fraction of sp³-hybridized carbons (Fsp3) is 0.579. The molecule has 2 unspecified atom stereocenters. The molecule has 3 rings (SSSR count). The summed E-state index contributed by atoms with van der Waals surface area (Å²) in [6.07, 6.45) is 0.986. The molecule has 1 aromatic rings. The number of carbonyl (C=O) groups is 1. The minimum absolute atomic E-state index is 0.0902. The molecule has 1 aromatic carbocycles. The van der Waals surface area contributed by atoms with E-state index >= 15 is 0 Å². The van der Waals surface area contributed by atoms with E-state index in [4.69, 9.17) is 10.5 Å².